The Morgan fingerprint density at radius 3 is 2.22 bits per heavy atom. The molecule has 0 bridgehead atoms. The van der Waals surface area contributed by atoms with Crippen LogP contribution in [0.2, 0.25) is 0 Å². The molecule has 0 atom stereocenters. The largest absolute Gasteiger partial charge is 0.478 e. The molecule has 1 aliphatic heterocycles. The Bertz CT molecular complexity index is 1260. The molecule has 0 spiro atoms. The van der Waals surface area contributed by atoms with Crippen LogP contribution in [-0.4, -0.2) is 60.5 Å². The van der Waals surface area contributed by atoms with Crippen LogP contribution in [0.25, 0.3) is 0 Å². The van der Waals surface area contributed by atoms with Crippen molar-refractivity contribution in [3.05, 3.63) is 89.0 Å². The third-order valence-electron chi connectivity index (χ3n) is 6.30. The van der Waals surface area contributed by atoms with Gasteiger partial charge in [0.1, 0.15) is 0 Å². The normalized spacial score (nSPS) is 13.8. The number of carboxylic acid groups (broad SMARTS) is 1. The van der Waals surface area contributed by atoms with Crippen molar-refractivity contribution in [1.82, 2.24) is 4.90 Å². The number of aryl methyl sites for hydroxylation is 2. The van der Waals surface area contributed by atoms with Crippen LogP contribution < -0.4 is 15.5 Å². The van der Waals surface area contributed by atoms with Crippen molar-refractivity contribution in [1.29, 1.82) is 0 Å². The zero-order valence-electron chi connectivity index (χ0n) is 20.5. The van der Waals surface area contributed by atoms with Crippen LogP contribution in [0.1, 0.15) is 31.8 Å². The summed E-state index contributed by atoms with van der Waals surface area (Å²) in [6.07, 6.45) is 0. The first-order valence-corrected chi connectivity index (χ1v) is 11.9. The van der Waals surface area contributed by atoms with E-state index in [1.54, 1.807) is 24.3 Å². The SMILES string of the molecule is Cc1ccc(NC(=O)CN2CCN(c3ccc(C(=O)O)cc3NC(=O)c3ccccc3C)CC2)cc1. The summed E-state index contributed by atoms with van der Waals surface area (Å²) >= 11 is 0. The number of carbonyl (C=O) groups is 3. The molecule has 186 valence electrons. The Hall–Kier alpha value is -4.17. The van der Waals surface area contributed by atoms with E-state index in [4.69, 9.17) is 0 Å². The predicted molar refractivity (Wildman–Crippen MR) is 141 cm³/mol. The molecule has 3 aromatic carbocycles. The van der Waals surface area contributed by atoms with Crippen molar-refractivity contribution < 1.29 is 19.5 Å². The van der Waals surface area contributed by atoms with E-state index in [1.807, 2.05) is 50.2 Å². The van der Waals surface area contributed by atoms with Gasteiger partial charge in [-0.05, 0) is 55.8 Å². The van der Waals surface area contributed by atoms with Gasteiger partial charge in [-0.2, -0.15) is 0 Å². The summed E-state index contributed by atoms with van der Waals surface area (Å²) in [5, 5.41) is 15.3. The van der Waals surface area contributed by atoms with Crippen molar-refractivity contribution in [2.45, 2.75) is 13.8 Å². The number of amides is 2. The molecule has 1 heterocycles. The van der Waals surface area contributed by atoms with Crippen LogP contribution in [0, 0.1) is 13.8 Å². The second-order valence-corrected chi connectivity index (χ2v) is 8.98. The van der Waals surface area contributed by atoms with E-state index in [1.165, 1.54) is 6.07 Å². The summed E-state index contributed by atoms with van der Waals surface area (Å²) in [5.41, 5.74) is 4.59. The molecule has 0 saturated carbocycles. The van der Waals surface area contributed by atoms with Gasteiger partial charge in [0.25, 0.3) is 5.91 Å². The molecule has 36 heavy (non-hydrogen) atoms. The molecule has 3 aromatic rings. The standard InChI is InChI=1S/C28H30N4O4/c1-19-7-10-22(11-8-19)29-26(33)18-31-13-15-32(16-14-31)25-12-9-21(28(35)36)17-24(25)30-27(34)23-6-4-3-5-20(23)2/h3-12,17H,13-16,18H2,1-2H3,(H,29,33)(H,30,34)(H,35,36). The quantitative estimate of drug-likeness (QED) is 0.466. The van der Waals surface area contributed by atoms with Crippen LogP contribution in [-0.2, 0) is 4.79 Å². The minimum absolute atomic E-state index is 0.0655. The van der Waals surface area contributed by atoms with Gasteiger partial charge in [0.15, 0.2) is 0 Å². The Morgan fingerprint density at radius 2 is 1.56 bits per heavy atom. The Morgan fingerprint density at radius 1 is 0.861 bits per heavy atom. The molecule has 0 unspecified atom stereocenters. The maximum atomic E-state index is 13.0. The van der Waals surface area contributed by atoms with Gasteiger partial charge in [-0.25, -0.2) is 4.79 Å². The van der Waals surface area contributed by atoms with Gasteiger partial charge < -0.3 is 20.6 Å². The monoisotopic (exact) mass is 486 g/mol. The summed E-state index contributed by atoms with van der Waals surface area (Å²) in [4.78, 5) is 41.2. The highest BCUT2D eigenvalue weighted by molar-refractivity contribution is 6.07. The lowest BCUT2D eigenvalue weighted by Crippen LogP contribution is -2.48. The first-order valence-electron chi connectivity index (χ1n) is 11.9. The number of hydrogen-bond donors (Lipinski definition) is 3. The lowest BCUT2D eigenvalue weighted by Gasteiger charge is -2.36. The van der Waals surface area contributed by atoms with Gasteiger partial charge in [-0.3, -0.25) is 14.5 Å². The highest BCUT2D eigenvalue weighted by Gasteiger charge is 2.23. The van der Waals surface area contributed by atoms with Crippen molar-refractivity contribution in [3.63, 3.8) is 0 Å². The van der Waals surface area contributed by atoms with E-state index >= 15 is 0 Å². The minimum atomic E-state index is -1.06. The number of piperazine rings is 1. The molecular formula is C28H30N4O4. The van der Waals surface area contributed by atoms with E-state index in [0.717, 1.165) is 22.5 Å². The smallest absolute Gasteiger partial charge is 0.335 e. The van der Waals surface area contributed by atoms with Crippen LogP contribution in [0.5, 0.6) is 0 Å². The number of nitrogens with one attached hydrogen (secondary N) is 2. The number of aromatic carboxylic acids is 1. The van der Waals surface area contributed by atoms with Gasteiger partial charge in [0.05, 0.1) is 23.5 Å². The van der Waals surface area contributed by atoms with Crippen molar-refractivity contribution in [2.75, 3.05) is 48.3 Å². The molecule has 8 nitrogen and oxygen atoms in total. The molecule has 8 heteroatoms. The number of benzene rings is 3. The number of rotatable bonds is 7. The van der Waals surface area contributed by atoms with Gasteiger partial charge >= 0.3 is 5.97 Å². The van der Waals surface area contributed by atoms with E-state index < -0.39 is 5.97 Å². The van der Waals surface area contributed by atoms with Crippen molar-refractivity contribution in [2.24, 2.45) is 0 Å². The minimum Gasteiger partial charge on any atom is -0.478 e. The zero-order chi connectivity index (χ0) is 25.7. The van der Waals surface area contributed by atoms with Crippen LogP contribution in [0.3, 0.4) is 0 Å². The molecule has 2 amide bonds. The van der Waals surface area contributed by atoms with E-state index in [-0.39, 0.29) is 23.9 Å². The third-order valence-corrected chi connectivity index (χ3v) is 6.30. The average molecular weight is 487 g/mol. The Balaban J connectivity index is 1.42. The summed E-state index contributed by atoms with van der Waals surface area (Å²) in [5.74, 6) is -1.41. The highest BCUT2D eigenvalue weighted by Crippen LogP contribution is 2.29. The van der Waals surface area contributed by atoms with E-state index in [0.29, 0.717) is 37.4 Å². The predicted octanol–water partition coefficient (Wildman–Crippen LogP) is 4.01. The van der Waals surface area contributed by atoms with Crippen molar-refractivity contribution >= 4 is 34.8 Å². The third kappa shape index (κ3) is 6.09. The van der Waals surface area contributed by atoms with Gasteiger partial charge in [0.2, 0.25) is 5.91 Å². The number of carboxylic acids is 1. The highest BCUT2D eigenvalue weighted by atomic mass is 16.4. The molecule has 3 N–H and O–H groups in total. The van der Waals surface area contributed by atoms with Crippen LogP contribution in [0.4, 0.5) is 17.1 Å². The van der Waals surface area contributed by atoms with Crippen LogP contribution >= 0.6 is 0 Å². The van der Waals surface area contributed by atoms with Crippen LogP contribution in [0.15, 0.2) is 66.7 Å². The molecular weight excluding hydrogens is 456 g/mol. The van der Waals surface area contributed by atoms with E-state index in [9.17, 15) is 19.5 Å². The molecule has 1 aliphatic rings. The topological polar surface area (TPSA) is 102 Å². The number of carbonyl (C=O) groups excluding carboxylic acids is 2. The first-order chi connectivity index (χ1) is 17.3. The van der Waals surface area contributed by atoms with E-state index in [2.05, 4.69) is 20.4 Å². The second-order valence-electron chi connectivity index (χ2n) is 8.98. The van der Waals surface area contributed by atoms with Gasteiger partial charge in [-0.15, -0.1) is 0 Å². The Kier molecular flexibility index (Phi) is 7.65. The fraction of sp³-hybridized carbons (Fsp3) is 0.250. The Labute approximate surface area is 210 Å². The maximum Gasteiger partial charge on any atom is 0.335 e. The number of anilines is 3. The molecule has 0 aliphatic carbocycles. The summed E-state index contributed by atoms with van der Waals surface area (Å²) < 4.78 is 0. The summed E-state index contributed by atoms with van der Waals surface area (Å²) in [7, 11) is 0. The first kappa shape index (κ1) is 24.9. The van der Waals surface area contributed by atoms with Crippen molar-refractivity contribution in [3.8, 4) is 0 Å². The summed E-state index contributed by atoms with van der Waals surface area (Å²) in [6, 6.07) is 19.7. The molecule has 1 saturated heterocycles. The maximum absolute atomic E-state index is 13.0. The lowest BCUT2D eigenvalue weighted by atomic mass is 10.1. The molecule has 1 fully saturated rings. The lowest BCUT2D eigenvalue weighted by molar-refractivity contribution is -0.117. The molecule has 0 aromatic heterocycles. The fourth-order valence-electron chi connectivity index (χ4n) is 4.25. The van der Waals surface area contributed by atoms with Gasteiger partial charge in [-0.1, -0.05) is 35.9 Å². The second kappa shape index (κ2) is 11.0. The number of nitrogens with zero attached hydrogens (tertiary/aromatic N) is 2. The molecule has 4 rings (SSSR count). The number of hydrogen-bond acceptors (Lipinski definition) is 5. The zero-order valence-corrected chi connectivity index (χ0v) is 20.5. The van der Waals surface area contributed by atoms with Gasteiger partial charge in [0, 0.05) is 37.4 Å². The summed E-state index contributed by atoms with van der Waals surface area (Å²) in [6.45, 7) is 6.74. The average Bonchev–Trinajstić information content (AvgIpc) is 2.86. The fourth-order valence-corrected chi connectivity index (χ4v) is 4.25. The molecule has 0 radical (unpaired) electrons.